The fraction of sp³-hybridized carbons (Fsp3) is 0.429. The molecule has 4 nitrogen and oxygen atoms in total. The van der Waals surface area contributed by atoms with E-state index in [-0.39, 0.29) is 11.8 Å². The number of nitrogens with one attached hydrogen (secondary N) is 1. The Bertz CT molecular complexity index is 799. The minimum absolute atomic E-state index is 0.0343. The molecule has 26 heavy (non-hydrogen) atoms. The molecule has 0 unspecified atom stereocenters. The average Bonchev–Trinajstić information content (AvgIpc) is 3.39. The van der Waals surface area contributed by atoms with Crippen LogP contribution < -0.4 is 5.32 Å². The summed E-state index contributed by atoms with van der Waals surface area (Å²) >= 11 is 1.56. The fourth-order valence-electron chi connectivity index (χ4n) is 3.38. The number of carbonyl (C=O) groups excluding carboxylic acids is 2. The maximum absolute atomic E-state index is 12.7. The van der Waals surface area contributed by atoms with Crippen LogP contribution in [0.2, 0.25) is 0 Å². The number of thiophene rings is 1. The molecular formula is C21H26N2O2S. The Morgan fingerprint density at radius 1 is 1.35 bits per heavy atom. The third-order valence-electron chi connectivity index (χ3n) is 4.95. The molecule has 1 aliphatic carbocycles. The lowest BCUT2D eigenvalue weighted by Crippen LogP contribution is -2.32. The van der Waals surface area contributed by atoms with Crippen LogP contribution in [0.15, 0.2) is 36.6 Å². The molecule has 0 aromatic carbocycles. The second-order valence-electron chi connectivity index (χ2n) is 6.78. The van der Waals surface area contributed by atoms with E-state index in [4.69, 9.17) is 0 Å². The quantitative estimate of drug-likeness (QED) is 0.600. The van der Waals surface area contributed by atoms with Crippen LogP contribution in [0.1, 0.15) is 59.6 Å². The Kier molecular flexibility index (Phi) is 5.47. The van der Waals surface area contributed by atoms with Gasteiger partial charge in [-0.1, -0.05) is 33.1 Å². The summed E-state index contributed by atoms with van der Waals surface area (Å²) < 4.78 is 0. The number of hydrogen-bond donors (Lipinski definition) is 1. The molecule has 2 aliphatic rings. The summed E-state index contributed by atoms with van der Waals surface area (Å²) in [6.45, 7) is 12.3. The van der Waals surface area contributed by atoms with Gasteiger partial charge in [-0.3, -0.25) is 9.59 Å². The summed E-state index contributed by atoms with van der Waals surface area (Å²) in [5, 5.41) is 3.07. The van der Waals surface area contributed by atoms with Gasteiger partial charge >= 0.3 is 0 Å². The molecule has 2 amide bonds. The third-order valence-corrected chi connectivity index (χ3v) is 6.19. The Morgan fingerprint density at radius 3 is 2.65 bits per heavy atom. The van der Waals surface area contributed by atoms with Gasteiger partial charge in [-0.25, -0.2) is 0 Å². The van der Waals surface area contributed by atoms with Crippen LogP contribution in [-0.4, -0.2) is 29.3 Å². The smallest absolute Gasteiger partial charge is 0.261 e. The summed E-state index contributed by atoms with van der Waals surface area (Å²) in [6.07, 6.45) is 6.02. The first-order valence-electron chi connectivity index (χ1n) is 9.29. The van der Waals surface area contributed by atoms with Gasteiger partial charge in [0.2, 0.25) is 0 Å². The van der Waals surface area contributed by atoms with Gasteiger partial charge in [0.25, 0.3) is 11.8 Å². The first-order chi connectivity index (χ1) is 12.5. The summed E-state index contributed by atoms with van der Waals surface area (Å²) in [5.74, 6) is -0.0447. The SMILES string of the molecule is C=CC(=C)C(=O)N1CCc2cc(C(=O)NC3CC3)sc2C(CC)=C1CC. The number of nitrogens with zero attached hydrogens (tertiary/aromatic N) is 1. The Morgan fingerprint density at radius 2 is 2.08 bits per heavy atom. The number of carbonyl (C=O) groups is 2. The molecular weight excluding hydrogens is 344 g/mol. The Balaban J connectivity index is 1.99. The van der Waals surface area contributed by atoms with Crippen molar-refractivity contribution < 1.29 is 9.59 Å². The topological polar surface area (TPSA) is 49.4 Å². The number of amides is 2. The van der Waals surface area contributed by atoms with E-state index < -0.39 is 0 Å². The second kappa shape index (κ2) is 7.62. The molecule has 5 heteroatoms. The highest BCUT2D eigenvalue weighted by atomic mass is 32.1. The van der Waals surface area contributed by atoms with Gasteiger partial charge in [0, 0.05) is 28.7 Å². The van der Waals surface area contributed by atoms with E-state index in [0.29, 0.717) is 18.2 Å². The standard InChI is InChI=1S/C21H26N2O2S/c1-5-13(4)21(25)23-11-10-14-12-18(20(24)22-15-8-9-15)26-19(14)16(6-2)17(23)7-3/h5,12,15H,1,4,6-11H2,2-3H3,(H,22,24). The van der Waals surface area contributed by atoms with Gasteiger partial charge in [0.15, 0.2) is 0 Å². The van der Waals surface area contributed by atoms with Crippen LogP contribution in [0.3, 0.4) is 0 Å². The van der Waals surface area contributed by atoms with E-state index in [1.807, 2.05) is 11.0 Å². The molecule has 1 aromatic heterocycles. The van der Waals surface area contributed by atoms with E-state index in [1.165, 1.54) is 17.2 Å². The van der Waals surface area contributed by atoms with Crippen molar-refractivity contribution >= 4 is 28.7 Å². The highest BCUT2D eigenvalue weighted by Crippen LogP contribution is 2.38. The van der Waals surface area contributed by atoms with E-state index in [9.17, 15) is 9.59 Å². The molecule has 1 saturated carbocycles. The maximum atomic E-state index is 12.7. The predicted molar refractivity (Wildman–Crippen MR) is 107 cm³/mol. The lowest BCUT2D eigenvalue weighted by Gasteiger charge is -2.25. The predicted octanol–water partition coefficient (Wildman–Crippen LogP) is 4.30. The highest BCUT2D eigenvalue weighted by molar-refractivity contribution is 7.15. The molecule has 0 atom stereocenters. The van der Waals surface area contributed by atoms with Crippen molar-refractivity contribution in [1.82, 2.24) is 10.2 Å². The third kappa shape index (κ3) is 3.54. The molecule has 0 saturated heterocycles. The molecule has 0 bridgehead atoms. The van der Waals surface area contributed by atoms with E-state index in [0.717, 1.165) is 47.6 Å². The van der Waals surface area contributed by atoms with Gasteiger partial charge < -0.3 is 10.2 Å². The molecule has 1 aliphatic heterocycles. The van der Waals surface area contributed by atoms with Crippen molar-refractivity contribution in [2.45, 2.75) is 52.0 Å². The van der Waals surface area contributed by atoms with Gasteiger partial charge in [0.05, 0.1) is 4.88 Å². The van der Waals surface area contributed by atoms with Crippen LogP contribution in [0.25, 0.3) is 5.57 Å². The average molecular weight is 371 g/mol. The van der Waals surface area contributed by atoms with Crippen LogP contribution in [-0.2, 0) is 11.2 Å². The number of hydrogen-bond acceptors (Lipinski definition) is 3. The first-order valence-corrected chi connectivity index (χ1v) is 10.1. The fourth-order valence-corrected chi connectivity index (χ4v) is 4.63. The van der Waals surface area contributed by atoms with Gasteiger partial charge in [0.1, 0.15) is 0 Å². The zero-order chi connectivity index (χ0) is 18.8. The molecule has 1 aromatic rings. The summed E-state index contributed by atoms with van der Waals surface area (Å²) in [7, 11) is 0. The van der Waals surface area contributed by atoms with Crippen LogP contribution in [0.5, 0.6) is 0 Å². The zero-order valence-corrected chi connectivity index (χ0v) is 16.4. The molecule has 2 heterocycles. The van der Waals surface area contributed by atoms with Crippen molar-refractivity contribution in [1.29, 1.82) is 0 Å². The van der Waals surface area contributed by atoms with Crippen LogP contribution in [0, 0.1) is 0 Å². The van der Waals surface area contributed by atoms with E-state index >= 15 is 0 Å². The molecule has 0 radical (unpaired) electrons. The largest absolute Gasteiger partial charge is 0.349 e. The number of fused-ring (bicyclic) bond motifs is 1. The van der Waals surface area contributed by atoms with Crippen molar-refractivity contribution in [3.63, 3.8) is 0 Å². The zero-order valence-electron chi connectivity index (χ0n) is 15.6. The van der Waals surface area contributed by atoms with Gasteiger partial charge in [-0.15, -0.1) is 11.3 Å². The number of rotatable bonds is 6. The number of allylic oxidation sites excluding steroid dienone is 2. The maximum Gasteiger partial charge on any atom is 0.261 e. The minimum Gasteiger partial charge on any atom is -0.349 e. The summed E-state index contributed by atoms with van der Waals surface area (Å²) in [5.41, 5.74) is 3.79. The Hall–Kier alpha value is -2.14. The monoisotopic (exact) mass is 370 g/mol. The summed E-state index contributed by atoms with van der Waals surface area (Å²) in [6, 6.07) is 2.37. The molecule has 3 rings (SSSR count). The van der Waals surface area contributed by atoms with Crippen molar-refractivity contribution in [3.05, 3.63) is 51.9 Å². The molecule has 0 spiro atoms. The van der Waals surface area contributed by atoms with E-state index in [1.54, 1.807) is 11.3 Å². The molecule has 1 N–H and O–H groups in total. The van der Waals surface area contributed by atoms with Crippen molar-refractivity contribution in [2.75, 3.05) is 6.54 Å². The minimum atomic E-state index is -0.0790. The van der Waals surface area contributed by atoms with Gasteiger partial charge in [-0.05, 0) is 49.3 Å². The van der Waals surface area contributed by atoms with Crippen molar-refractivity contribution in [2.24, 2.45) is 0 Å². The van der Waals surface area contributed by atoms with E-state index in [2.05, 4.69) is 32.3 Å². The lowest BCUT2D eigenvalue weighted by atomic mass is 10.0. The normalized spacial score (nSPS) is 16.8. The van der Waals surface area contributed by atoms with Crippen molar-refractivity contribution in [3.8, 4) is 0 Å². The van der Waals surface area contributed by atoms with Crippen LogP contribution in [0.4, 0.5) is 0 Å². The molecule has 138 valence electrons. The second-order valence-corrected chi connectivity index (χ2v) is 7.83. The Labute approximate surface area is 159 Å². The first kappa shape index (κ1) is 18.6. The molecule has 1 fully saturated rings. The van der Waals surface area contributed by atoms with Gasteiger partial charge in [-0.2, -0.15) is 0 Å². The summed E-state index contributed by atoms with van der Waals surface area (Å²) in [4.78, 5) is 29.0. The van der Waals surface area contributed by atoms with Crippen LogP contribution >= 0.6 is 11.3 Å². The highest BCUT2D eigenvalue weighted by Gasteiger charge is 2.29. The lowest BCUT2D eigenvalue weighted by molar-refractivity contribution is -0.125.